The smallest absolute Gasteiger partial charge is 0.130 e. The molecule has 2 heterocycles. The molecule has 1 aliphatic carbocycles. The van der Waals surface area contributed by atoms with Crippen molar-refractivity contribution in [3.8, 4) is 17.0 Å². The summed E-state index contributed by atoms with van der Waals surface area (Å²) < 4.78 is 7.75. The summed E-state index contributed by atoms with van der Waals surface area (Å²) in [5, 5.41) is 9.51. The maximum Gasteiger partial charge on any atom is 0.130 e. The number of ether oxygens (including phenoxy) is 1. The largest absolute Gasteiger partial charge is 0.496 e. The number of benzene rings is 2. The first-order valence-corrected chi connectivity index (χ1v) is 9.77. The van der Waals surface area contributed by atoms with Crippen LogP contribution in [-0.2, 0) is 6.54 Å². The lowest BCUT2D eigenvalue weighted by Gasteiger charge is -2.12. The summed E-state index contributed by atoms with van der Waals surface area (Å²) in [6.45, 7) is 3.11. The van der Waals surface area contributed by atoms with Gasteiger partial charge in [0.1, 0.15) is 11.3 Å². The molecule has 0 bridgehead atoms. The molecule has 0 spiro atoms. The summed E-state index contributed by atoms with van der Waals surface area (Å²) in [6.07, 6.45) is 6.76. The Morgan fingerprint density at radius 2 is 2.11 bits per heavy atom. The standard InChI is InChI=1S/C23H24N4O/c1-15-10-11-24-22(15)19-9-8-18(12-21(19)28-2)25-20-5-3-4-17-14-27(26-23(17)20)13-16-6-7-16/h3-5,8-12,14,16,24-25H,6-7,13H2,1-2H3. The highest BCUT2D eigenvalue weighted by atomic mass is 16.5. The van der Waals surface area contributed by atoms with Crippen LogP contribution in [-0.4, -0.2) is 21.9 Å². The van der Waals surface area contributed by atoms with Crippen LogP contribution in [0.5, 0.6) is 5.75 Å². The van der Waals surface area contributed by atoms with Crippen LogP contribution in [0, 0.1) is 12.8 Å². The van der Waals surface area contributed by atoms with Crippen molar-refractivity contribution in [2.75, 3.05) is 12.4 Å². The summed E-state index contributed by atoms with van der Waals surface area (Å²) in [5.41, 5.74) is 6.34. The number of nitrogens with one attached hydrogen (secondary N) is 2. The number of rotatable bonds is 6. The number of fused-ring (bicyclic) bond motifs is 1. The molecule has 2 N–H and O–H groups in total. The highest BCUT2D eigenvalue weighted by Crippen LogP contribution is 2.35. The molecule has 0 radical (unpaired) electrons. The van der Waals surface area contributed by atoms with E-state index in [0.29, 0.717) is 0 Å². The van der Waals surface area contributed by atoms with E-state index in [-0.39, 0.29) is 0 Å². The van der Waals surface area contributed by atoms with E-state index < -0.39 is 0 Å². The maximum atomic E-state index is 5.67. The quantitative estimate of drug-likeness (QED) is 0.470. The Balaban J connectivity index is 1.47. The van der Waals surface area contributed by atoms with E-state index >= 15 is 0 Å². The van der Waals surface area contributed by atoms with Gasteiger partial charge in [-0.2, -0.15) is 5.10 Å². The molecule has 1 fully saturated rings. The molecule has 2 aromatic heterocycles. The Morgan fingerprint density at radius 3 is 2.86 bits per heavy atom. The van der Waals surface area contributed by atoms with E-state index in [9.17, 15) is 0 Å². The molecule has 4 aromatic rings. The van der Waals surface area contributed by atoms with Crippen molar-refractivity contribution >= 4 is 22.3 Å². The van der Waals surface area contributed by atoms with Crippen molar-refractivity contribution in [1.82, 2.24) is 14.8 Å². The lowest BCUT2D eigenvalue weighted by atomic mass is 10.1. The van der Waals surface area contributed by atoms with Gasteiger partial charge in [0.2, 0.25) is 0 Å². The normalized spacial score (nSPS) is 13.8. The molecule has 28 heavy (non-hydrogen) atoms. The van der Waals surface area contributed by atoms with E-state index in [4.69, 9.17) is 9.84 Å². The van der Waals surface area contributed by atoms with Gasteiger partial charge in [-0.25, -0.2) is 0 Å². The first kappa shape index (κ1) is 16.9. The van der Waals surface area contributed by atoms with Crippen LogP contribution < -0.4 is 10.1 Å². The minimum absolute atomic E-state index is 0.805. The van der Waals surface area contributed by atoms with E-state index in [2.05, 4.69) is 64.5 Å². The number of hydrogen-bond donors (Lipinski definition) is 2. The molecule has 142 valence electrons. The first-order valence-electron chi connectivity index (χ1n) is 9.77. The van der Waals surface area contributed by atoms with Crippen LogP contribution in [0.4, 0.5) is 11.4 Å². The van der Waals surface area contributed by atoms with Crippen LogP contribution >= 0.6 is 0 Å². The van der Waals surface area contributed by atoms with E-state index in [0.717, 1.165) is 51.7 Å². The van der Waals surface area contributed by atoms with Gasteiger partial charge in [-0.15, -0.1) is 0 Å². The van der Waals surface area contributed by atoms with Crippen LogP contribution in [0.15, 0.2) is 54.9 Å². The number of hydrogen-bond acceptors (Lipinski definition) is 3. The topological polar surface area (TPSA) is 54.9 Å². The van der Waals surface area contributed by atoms with E-state index in [1.54, 1.807) is 7.11 Å². The zero-order valence-electron chi connectivity index (χ0n) is 16.2. The molecule has 5 heteroatoms. The highest BCUT2D eigenvalue weighted by molar-refractivity contribution is 5.92. The Hall–Kier alpha value is -3.21. The van der Waals surface area contributed by atoms with Crippen LogP contribution in [0.2, 0.25) is 0 Å². The van der Waals surface area contributed by atoms with Gasteiger partial charge in [0, 0.05) is 41.6 Å². The zero-order chi connectivity index (χ0) is 19.1. The fourth-order valence-electron chi connectivity index (χ4n) is 3.72. The highest BCUT2D eigenvalue weighted by Gasteiger charge is 2.22. The first-order chi connectivity index (χ1) is 13.7. The molecule has 0 unspecified atom stereocenters. The number of nitrogens with zero attached hydrogens (tertiary/aromatic N) is 2. The predicted molar refractivity (Wildman–Crippen MR) is 113 cm³/mol. The summed E-state index contributed by atoms with van der Waals surface area (Å²) in [5.74, 6) is 1.64. The van der Waals surface area contributed by atoms with Crippen molar-refractivity contribution in [3.63, 3.8) is 0 Å². The van der Waals surface area contributed by atoms with Gasteiger partial charge in [-0.3, -0.25) is 4.68 Å². The molecule has 1 saturated carbocycles. The van der Waals surface area contributed by atoms with Crippen molar-refractivity contribution in [2.45, 2.75) is 26.3 Å². The number of aromatic nitrogens is 3. The van der Waals surface area contributed by atoms with Gasteiger partial charge in [0.25, 0.3) is 0 Å². The second-order valence-electron chi connectivity index (χ2n) is 7.61. The Labute approximate surface area is 164 Å². The minimum atomic E-state index is 0.805. The summed E-state index contributed by atoms with van der Waals surface area (Å²) in [6, 6.07) is 14.5. The fourth-order valence-corrected chi connectivity index (χ4v) is 3.72. The second kappa shape index (κ2) is 6.75. The second-order valence-corrected chi connectivity index (χ2v) is 7.61. The van der Waals surface area contributed by atoms with Crippen molar-refractivity contribution in [2.24, 2.45) is 5.92 Å². The third kappa shape index (κ3) is 3.13. The van der Waals surface area contributed by atoms with Crippen LogP contribution in [0.1, 0.15) is 18.4 Å². The van der Waals surface area contributed by atoms with Gasteiger partial charge in [0.05, 0.1) is 18.5 Å². The molecule has 0 amide bonds. The van der Waals surface area contributed by atoms with Crippen molar-refractivity contribution < 1.29 is 4.74 Å². The molecule has 0 atom stereocenters. The van der Waals surface area contributed by atoms with Crippen molar-refractivity contribution in [3.05, 3.63) is 60.4 Å². The third-order valence-corrected chi connectivity index (χ3v) is 5.43. The lowest BCUT2D eigenvalue weighted by Crippen LogP contribution is -2.00. The number of H-pyrrole nitrogens is 1. The average Bonchev–Trinajstić information content (AvgIpc) is 3.25. The number of anilines is 2. The molecule has 2 aromatic carbocycles. The van der Waals surface area contributed by atoms with Crippen LogP contribution in [0.3, 0.4) is 0 Å². The summed E-state index contributed by atoms with van der Waals surface area (Å²) in [4.78, 5) is 3.30. The van der Waals surface area contributed by atoms with Crippen molar-refractivity contribution in [1.29, 1.82) is 0 Å². The lowest BCUT2D eigenvalue weighted by molar-refractivity contribution is 0.416. The molecule has 0 aliphatic heterocycles. The molecule has 0 saturated heterocycles. The summed E-state index contributed by atoms with van der Waals surface area (Å²) >= 11 is 0. The summed E-state index contributed by atoms with van der Waals surface area (Å²) in [7, 11) is 1.71. The predicted octanol–water partition coefficient (Wildman–Crippen LogP) is 5.50. The number of methoxy groups -OCH3 is 1. The number of aryl methyl sites for hydroxylation is 1. The minimum Gasteiger partial charge on any atom is -0.496 e. The molecule has 5 rings (SSSR count). The van der Waals surface area contributed by atoms with Gasteiger partial charge < -0.3 is 15.0 Å². The zero-order valence-corrected chi connectivity index (χ0v) is 16.2. The molecule has 1 aliphatic rings. The Kier molecular flexibility index (Phi) is 4.08. The van der Waals surface area contributed by atoms with Gasteiger partial charge in [-0.05, 0) is 55.5 Å². The maximum absolute atomic E-state index is 5.67. The van der Waals surface area contributed by atoms with Gasteiger partial charge >= 0.3 is 0 Å². The van der Waals surface area contributed by atoms with Gasteiger partial charge in [0.15, 0.2) is 0 Å². The molecular formula is C23H24N4O. The molecular weight excluding hydrogens is 348 g/mol. The Bertz CT molecular complexity index is 1140. The average molecular weight is 372 g/mol. The van der Waals surface area contributed by atoms with Gasteiger partial charge in [-0.1, -0.05) is 12.1 Å². The molecule has 5 nitrogen and oxygen atoms in total. The van der Waals surface area contributed by atoms with Crippen LogP contribution in [0.25, 0.3) is 22.2 Å². The third-order valence-electron chi connectivity index (χ3n) is 5.43. The van der Waals surface area contributed by atoms with E-state index in [1.165, 1.54) is 18.4 Å². The monoisotopic (exact) mass is 372 g/mol. The fraction of sp³-hybridized carbons (Fsp3) is 0.261. The SMILES string of the molecule is COc1cc(Nc2cccc3cn(CC4CC4)nc23)ccc1-c1[nH]ccc1C. The Morgan fingerprint density at radius 1 is 1.21 bits per heavy atom. The van der Waals surface area contributed by atoms with E-state index in [1.807, 2.05) is 12.3 Å². The number of aromatic amines is 1.